The summed E-state index contributed by atoms with van der Waals surface area (Å²) in [5, 5.41) is 10.0. The number of anilines is 1. The molecule has 3 N–H and O–H groups in total. The van der Waals surface area contributed by atoms with Crippen molar-refractivity contribution in [1.82, 2.24) is 0 Å². The summed E-state index contributed by atoms with van der Waals surface area (Å²) in [6.45, 7) is 4.42. The van der Waals surface area contributed by atoms with E-state index in [1.807, 2.05) is 12.1 Å². The molecule has 112 valence electrons. The molecule has 21 heavy (non-hydrogen) atoms. The molecule has 0 radical (unpaired) electrons. The van der Waals surface area contributed by atoms with Gasteiger partial charge in [-0.3, -0.25) is 0 Å². The monoisotopic (exact) mass is 303 g/mol. The van der Waals surface area contributed by atoms with Crippen LogP contribution in [0.4, 0.5) is 5.69 Å². The Bertz CT molecular complexity index is 601. The highest BCUT2D eigenvalue weighted by molar-refractivity contribution is 7.99. The standard InChI is InChI=1S/C17H21NO2S/c1-12-6-7-13(2)17(8-12)21-11-15(19)10-20-16-5-3-4-14(18)9-16/h3-9,15,19H,10-11,18H2,1-2H3. The van der Waals surface area contributed by atoms with Gasteiger partial charge in [0.1, 0.15) is 12.4 Å². The highest BCUT2D eigenvalue weighted by atomic mass is 32.2. The van der Waals surface area contributed by atoms with E-state index < -0.39 is 6.10 Å². The number of aliphatic hydroxyl groups excluding tert-OH is 1. The van der Waals surface area contributed by atoms with Crippen molar-refractivity contribution in [2.24, 2.45) is 0 Å². The molecule has 0 spiro atoms. The van der Waals surface area contributed by atoms with Gasteiger partial charge in [-0.1, -0.05) is 23.8 Å². The number of hydrogen-bond acceptors (Lipinski definition) is 4. The number of hydrogen-bond donors (Lipinski definition) is 2. The molecule has 3 nitrogen and oxygen atoms in total. The summed E-state index contributed by atoms with van der Waals surface area (Å²) in [7, 11) is 0. The SMILES string of the molecule is Cc1ccc(C)c(SCC(O)COc2cccc(N)c2)c1. The van der Waals surface area contributed by atoms with Crippen molar-refractivity contribution in [3.8, 4) is 5.75 Å². The lowest BCUT2D eigenvalue weighted by atomic mass is 10.2. The van der Waals surface area contributed by atoms with Gasteiger partial charge in [-0.2, -0.15) is 0 Å². The topological polar surface area (TPSA) is 55.5 Å². The van der Waals surface area contributed by atoms with Crippen LogP contribution >= 0.6 is 11.8 Å². The van der Waals surface area contributed by atoms with Gasteiger partial charge in [-0.15, -0.1) is 11.8 Å². The maximum atomic E-state index is 10.0. The van der Waals surface area contributed by atoms with Crippen LogP contribution in [-0.4, -0.2) is 23.6 Å². The number of ether oxygens (including phenoxy) is 1. The minimum Gasteiger partial charge on any atom is -0.491 e. The van der Waals surface area contributed by atoms with E-state index in [0.29, 0.717) is 17.2 Å². The smallest absolute Gasteiger partial charge is 0.121 e. The molecule has 0 aromatic heterocycles. The van der Waals surface area contributed by atoms with Crippen molar-refractivity contribution in [3.05, 3.63) is 53.6 Å². The summed E-state index contributed by atoms with van der Waals surface area (Å²) in [4.78, 5) is 1.21. The predicted molar refractivity (Wildman–Crippen MR) is 89.0 cm³/mol. The fourth-order valence-corrected chi connectivity index (χ4v) is 2.93. The van der Waals surface area contributed by atoms with Gasteiger partial charge in [0, 0.05) is 22.4 Å². The minimum absolute atomic E-state index is 0.265. The number of thioether (sulfide) groups is 1. The van der Waals surface area contributed by atoms with E-state index in [1.54, 1.807) is 23.9 Å². The third-order valence-electron chi connectivity index (χ3n) is 3.08. The van der Waals surface area contributed by atoms with Gasteiger partial charge in [0.2, 0.25) is 0 Å². The largest absolute Gasteiger partial charge is 0.491 e. The van der Waals surface area contributed by atoms with E-state index in [4.69, 9.17) is 10.5 Å². The first-order chi connectivity index (χ1) is 10.0. The molecule has 0 bridgehead atoms. The average molecular weight is 303 g/mol. The van der Waals surface area contributed by atoms with E-state index in [9.17, 15) is 5.11 Å². The van der Waals surface area contributed by atoms with Gasteiger partial charge in [0.25, 0.3) is 0 Å². The van der Waals surface area contributed by atoms with Gasteiger partial charge in [0.15, 0.2) is 0 Å². The van der Waals surface area contributed by atoms with Gasteiger partial charge in [-0.05, 0) is 37.6 Å². The van der Waals surface area contributed by atoms with Gasteiger partial charge < -0.3 is 15.6 Å². The maximum Gasteiger partial charge on any atom is 0.121 e. The van der Waals surface area contributed by atoms with Crippen LogP contribution in [0, 0.1) is 13.8 Å². The molecule has 0 aliphatic carbocycles. The zero-order chi connectivity index (χ0) is 15.2. The summed E-state index contributed by atoms with van der Waals surface area (Å²) >= 11 is 1.65. The van der Waals surface area contributed by atoms with Crippen LogP contribution in [0.25, 0.3) is 0 Å². The third kappa shape index (κ3) is 4.99. The molecule has 4 heteroatoms. The molecular weight excluding hydrogens is 282 g/mol. The Hall–Kier alpha value is -1.65. The third-order valence-corrected chi connectivity index (χ3v) is 4.38. The van der Waals surface area contributed by atoms with Crippen LogP contribution in [0.15, 0.2) is 47.4 Å². The Kier molecular flexibility index (Phi) is 5.53. The Morgan fingerprint density at radius 2 is 2.00 bits per heavy atom. The zero-order valence-corrected chi connectivity index (χ0v) is 13.2. The lowest BCUT2D eigenvalue weighted by molar-refractivity contribution is 0.126. The average Bonchev–Trinajstić information content (AvgIpc) is 2.46. The fourth-order valence-electron chi connectivity index (χ4n) is 1.89. The Morgan fingerprint density at radius 1 is 1.19 bits per heavy atom. The van der Waals surface area contributed by atoms with Crippen molar-refractivity contribution < 1.29 is 9.84 Å². The number of aryl methyl sites for hydroxylation is 2. The summed E-state index contributed by atoms with van der Waals surface area (Å²) in [6.07, 6.45) is -0.517. The normalized spacial score (nSPS) is 12.1. The number of nitrogens with two attached hydrogens (primary N) is 1. The van der Waals surface area contributed by atoms with E-state index in [-0.39, 0.29) is 6.61 Å². The Morgan fingerprint density at radius 3 is 2.76 bits per heavy atom. The first-order valence-electron chi connectivity index (χ1n) is 6.91. The lowest BCUT2D eigenvalue weighted by Crippen LogP contribution is -2.20. The lowest BCUT2D eigenvalue weighted by Gasteiger charge is -2.13. The molecule has 0 aliphatic rings. The van der Waals surface area contributed by atoms with Crippen molar-refractivity contribution >= 4 is 17.4 Å². The van der Waals surface area contributed by atoms with Gasteiger partial charge in [0.05, 0.1) is 6.10 Å². The van der Waals surface area contributed by atoms with E-state index in [0.717, 1.165) is 0 Å². The number of nitrogen functional groups attached to an aromatic ring is 1. The molecule has 0 saturated heterocycles. The summed E-state index contributed by atoms with van der Waals surface area (Å²) in [6, 6.07) is 13.6. The van der Waals surface area contributed by atoms with E-state index in [1.165, 1.54) is 16.0 Å². The maximum absolute atomic E-state index is 10.0. The molecule has 1 unspecified atom stereocenters. The van der Waals surface area contributed by atoms with Crippen LogP contribution < -0.4 is 10.5 Å². The molecule has 1 atom stereocenters. The first kappa shape index (κ1) is 15.7. The molecule has 0 amide bonds. The van der Waals surface area contributed by atoms with Crippen LogP contribution in [0.3, 0.4) is 0 Å². The highest BCUT2D eigenvalue weighted by Crippen LogP contribution is 2.24. The van der Waals surface area contributed by atoms with Crippen LogP contribution in [0.2, 0.25) is 0 Å². The number of aliphatic hydroxyl groups is 1. The molecule has 0 fully saturated rings. The molecule has 2 rings (SSSR count). The molecule has 2 aromatic rings. The summed E-state index contributed by atoms with van der Waals surface area (Å²) in [5.41, 5.74) is 8.80. The summed E-state index contributed by atoms with van der Waals surface area (Å²) in [5.74, 6) is 1.29. The first-order valence-corrected chi connectivity index (χ1v) is 7.89. The van der Waals surface area contributed by atoms with Crippen molar-refractivity contribution in [2.75, 3.05) is 18.1 Å². The van der Waals surface area contributed by atoms with Crippen LogP contribution in [-0.2, 0) is 0 Å². The second kappa shape index (κ2) is 7.38. The second-order valence-electron chi connectivity index (χ2n) is 5.12. The molecule has 0 saturated carbocycles. The van der Waals surface area contributed by atoms with Gasteiger partial charge >= 0.3 is 0 Å². The molecule has 0 heterocycles. The predicted octanol–water partition coefficient (Wildman–Crippen LogP) is 3.42. The number of rotatable bonds is 6. The second-order valence-corrected chi connectivity index (χ2v) is 6.18. The van der Waals surface area contributed by atoms with E-state index in [2.05, 4.69) is 32.0 Å². The fraction of sp³-hybridized carbons (Fsp3) is 0.294. The Balaban J connectivity index is 1.82. The van der Waals surface area contributed by atoms with Crippen molar-refractivity contribution in [2.45, 2.75) is 24.8 Å². The molecule has 2 aromatic carbocycles. The Labute approximate surface area is 130 Å². The minimum atomic E-state index is -0.517. The van der Waals surface area contributed by atoms with Crippen molar-refractivity contribution in [3.63, 3.8) is 0 Å². The van der Waals surface area contributed by atoms with E-state index >= 15 is 0 Å². The quantitative estimate of drug-likeness (QED) is 0.634. The van der Waals surface area contributed by atoms with Gasteiger partial charge in [-0.25, -0.2) is 0 Å². The highest BCUT2D eigenvalue weighted by Gasteiger charge is 2.08. The number of benzene rings is 2. The summed E-state index contributed by atoms with van der Waals surface area (Å²) < 4.78 is 5.55. The zero-order valence-electron chi connectivity index (χ0n) is 12.4. The molecule has 0 aliphatic heterocycles. The van der Waals surface area contributed by atoms with Crippen LogP contribution in [0.1, 0.15) is 11.1 Å². The van der Waals surface area contributed by atoms with Crippen molar-refractivity contribution in [1.29, 1.82) is 0 Å². The van der Waals surface area contributed by atoms with Crippen LogP contribution in [0.5, 0.6) is 5.75 Å². The molecular formula is C17H21NO2S.